The van der Waals surface area contributed by atoms with Crippen LogP contribution in [0.4, 0.5) is 9.59 Å². The number of amides is 3. The Kier molecular flexibility index (Phi) is 10.5. The van der Waals surface area contributed by atoms with Gasteiger partial charge in [0.2, 0.25) is 5.91 Å². The quantitative estimate of drug-likeness (QED) is 0.256. The number of benzene rings is 3. The monoisotopic (exact) mass is 599 g/mol. The molecule has 44 heavy (non-hydrogen) atoms. The first-order valence-electron chi connectivity index (χ1n) is 15.4. The van der Waals surface area contributed by atoms with Crippen molar-refractivity contribution in [3.8, 4) is 11.1 Å². The SMILES string of the molecule is CCOC(=O)N1CCN(C(=O)[C@H](CCCCOCc2ccccc2)N(C(=O)OC)C2c3ccccc3-c3ccccc32)CC1. The van der Waals surface area contributed by atoms with Crippen LogP contribution in [0, 0.1) is 0 Å². The van der Waals surface area contributed by atoms with Gasteiger partial charge in [0.25, 0.3) is 0 Å². The molecule has 5 rings (SSSR count). The standard InChI is InChI=1S/C35H41N3O6/c1-3-44-34(40)37-22-20-36(21-23-37)33(39)31(19-11-12-24-43-25-26-13-5-4-6-14-26)38(35(41)42-2)32-29-17-9-7-15-27(29)28-16-8-10-18-30(28)32/h4-10,13-18,31-32H,3,11-12,19-25H2,1-2H3/t31-/m0/s1. The van der Waals surface area contributed by atoms with Crippen molar-refractivity contribution in [2.75, 3.05) is 46.5 Å². The van der Waals surface area contributed by atoms with E-state index in [1.54, 1.807) is 21.6 Å². The molecule has 1 heterocycles. The fourth-order valence-corrected chi connectivity index (χ4v) is 6.17. The van der Waals surface area contributed by atoms with E-state index in [0.29, 0.717) is 58.8 Å². The molecule has 2 aliphatic rings. The second-order valence-electron chi connectivity index (χ2n) is 11.0. The lowest BCUT2D eigenvalue weighted by atomic mass is 9.98. The van der Waals surface area contributed by atoms with Gasteiger partial charge in [-0.25, -0.2) is 9.59 Å². The van der Waals surface area contributed by atoms with Gasteiger partial charge in [-0.05, 0) is 54.0 Å². The smallest absolute Gasteiger partial charge is 0.410 e. The van der Waals surface area contributed by atoms with Crippen LogP contribution in [-0.2, 0) is 25.6 Å². The van der Waals surface area contributed by atoms with E-state index in [0.717, 1.165) is 34.2 Å². The Morgan fingerprint density at radius 3 is 2.02 bits per heavy atom. The van der Waals surface area contributed by atoms with Crippen LogP contribution in [0.3, 0.4) is 0 Å². The number of carbonyl (C=O) groups excluding carboxylic acids is 3. The Bertz CT molecular complexity index is 1380. The molecule has 9 heteroatoms. The molecule has 0 radical (unpaired) electrons. The average molecular weight is 600 g/mol. The molecular formula is C35H41N3O6. The number of hydrogen-bond acceptors (Lipinski definition) is 6. The molecule has 0 bridgehead atoms. The minimum atomic E-state index is -0.769. The maximum atomic E-state index is 14.4. The number of unbranched alkanes of at least 4 members (excludes halogenated alkanes) is 1. The molecule has 3 amide bonds. The lowest BCUT2D eigenvalue weighted by molar-refractivity contribution is -0.139. The number of nitrogens with zero attached hydrogens (tertiary/aromatic N) is 3. The van der Waals surface area contributed by atoms with Crippen LogP contribution in [0.2, 0.25) is 0 Å². The summed E-state index contributed by atoms with van der Waals surface area (Å²) in [5.41, 5.74) is 5.14. The maximum Gasteiger partial charge on any atom is 0.410 e. The van der Waals surface area contributed by atoms with Gasteiger partial charge in [0.05, 0.1) is 26.4 Å². The van der Waals surface area contributed by atoms with Crippen LogP contribution in [-0.4, -0.2) is 85.3 Å². The van der Waals surface area contributed by atoms with Crippen molar-refractivity contribution in [3.05, 3.63) is 95.6 Å². The minimum absolute atomic E-state index is 0.147. The van der Waals surface area contributed by atoms with Crippen molar-refractivity contribution in [1.82, 2.24) is 14.7 Å². The van der Waals surface area contributed by atoms with Gasteiger partial charge in [-0.2, -0.15) is 0 Å². The van der Waals surface area contributed by atoms with E-state index < -0.39 is 18.2 Å². The Labute approximate surface area is 259 Å². The highest BCUT2D eigenvalue weighted by molar-refractivity contribution is 5.88. The van der Waals surface area contributed by atoms with Gasteiger partial charge in [-0.1, -0.05) is 78.9 Å². The zero-order valence-corrected chi connectivity index (χ0v) is 25.5. The summed E-state index contributed by atoms with van der Waals surface area (Å²) in [7, 11) is 1.36. The maximum absolute atomic E-state index is 14.4. The number of methoxy groups -OCH3 is 1. The highest BCUT2D eigenvalue weighted by Crippen LogP contribution is 2.47. The molecule has 9 nitrogen and oxygen atoms in total. The third kappa shape index (κ3) is 6.89. The summed E-state index contributed by atoms with van der Waals surface area (Å²) in [5.74, 6) is -0.147. The van der Waals surface area contributed by atoms with Gasteiger partial charge in [0, 0.05) is 32.8 Å². The predicted octanol–water partition coefficient (Wildman–Crippen LogP) is 5.88. The molecule has 1 fully saturated rings. The van der Waals surface area contributed by atoms with Gasteiger partial charge < -0.3 is 24.0 Å². The molecule has 1 saturated heterocycles. The molecule has 232 valence electrons. The Hall–Kier alpha value is -4.37. The fourth-order valence-electron chi connectivity index (χ4n) is 6.17. The molecule has 0 unspecified atom stereocenters. The minimum Gasteiger partial charge on any atom is -0.453 e. The van der Waals surface area contributed by atoms with E-state index >= 15 is 0 Å². The largest absolute Gasteiger partial charge is 0.453 e. The van der Waals surface area contributed by atoms with E-state index in [1.165, 1.54) is 7.11 Å². The summed E-state index contributed by atoms with van der Waals surface area (Å²) >= 11 is 0. The highest BCUT2D eigenvalue weighted by Gasteiger charge is 2.43. The van der Waals surface area contributed by atoms with Crippen LogP contribution < -0.4 is 0 Å². The van der Waals surface area contributed by atoms with Crippen LogP contribution in [0.1, 0.15) is 48.9 Å². The van der Waals surface area contributed by atoms with Crippen molar-refractivity contribution >= 4 is 18.1 Å². The molecule has 1 aliphatic carbocycles. The van der Waals surface area contributed by atoms with E-state index in [2.05, 4.69) is 12.1 Å². The van der Waals surface area contributed by atoms with Crippen LogP contribution in [0.25, 0.3) is 11.1 Å². The lowest BCUT2D eigenvalue weighted by Crippen LogP contribution is -2.57. The van der Waals surface area contributed by atoms with Crippen molar-refractivity contribution in [2.45, 2.75) is 44.9 Å². The molecule has 0 aromatic heterocycles. The van der Waals surface area contributed by atoms with Gasteiger partial charge in [0.1, 0.15) is 6.04 Å². The Morgan fingerprint density at radius 1 is 0.818 bits per heavy atom. The number of ether oxygens (including phenoxy) is 3. The summed E-state index contributed by atoms with van der Waals surface area (Å²) in [6.07, 6.45) is 0.937. The lowest BCUT2D eigenvalue weighted by Gasteiger charge is -2.40. The normalized spacial score (nSPS) is 14.9. The molecule has 1 atom stereocenters. The molecule has 0 saturated carbocycles. The van der Waals surface area contributed by atoms with E-state index in [1.807, 2.05) is 66.7 Å². The van der Waals surface area contributed by atoms with Gasteiger partial charge >= 0.3 is 12.2 Å². The topological polar surface area (TPSA) is 88.6 Å². The summed E-state index contributed by atoms with van der Waals surface area (Å²) < 4.78 is 16.4. The van der Waals surface area contributed by atoms with Gasteiger partial charge in [-0.15, -0.1) is 0 Å². The van der Waals surface area contributed by atoms with E-state index in [9.17, 15) is 14.4 Å². The fraction of sp³-hybridized carbons (Fsp3) is 0.400. The Balaban J connectivity index is 1.37. The highest BCUT2D eigenvalue weighted by atomic mass is 16.6. The Morgan fingerprint density at radius 2 is 1.41 bits per heavy atom. The molecular weight excluding hydrogens is 558 g/mol. The van der Waals surface area contributed by atoms with Crippen LogP contribution in [0.15, 0.2) is 78.9 Å². The molecule has 0 N–H and O–H groups in total. The second kappa shape index (κ2) is 14.9. The summed E-state index contributed by atoms with van der Waals surface area (Å²) in [4.78, 5) is 45.4. The predicted molar refractivity (Wildman–Crippen MR) is 167 cm³/mol. The third-order valence-corrected chi connectivity index (χ3v) is 8.33. The third-order valence-electron chi connectivity index (χ3n) is 8.33. The summed E-state index contributed by atoms with van der Waals surface area (Å²) in [5, 5.41) is 0. The molecule has 3 aromatic rings. The van der Waals surface area contributed by atoms with Gasteiger partial charge in [0.15, 0.2) is 0 Å². The van der Waals surface area contributed by atoms with E-state index in [-0.39, 0.29) is 12.0 Å². The zero-order valence-electron chi connectivity index (χ0n) is 25.5. The zero-order chi connectivity index (χ0) is 30.9. The second-order valence-corrected chi connectivity index (χ2v) is 11.0. The van der Waals surface area contributed by atoms with Crippen molar-refractivity contribution < 1.29 is 28.6 Å². The summed E-state index contributed by atoms with van der Waals surface area (Å²) in [6, 6.07) is 24.8. The number of piperazine rings is 1. The summed E-state index contributed by atoms with van der Waals surface area (Å²) in [6.45, 7) is 4.61. The van der Waals surface area contributed by atoms with Crippen molar-refractivity contribution in [2.24, 2.45) is 0 Å². The number of rotatable bonds is 11. The average Bonchev–Trinajstić information content (AvgIpc) is 3.40. The van der Waals surface area contributed by atoms with Gasteiger partial charge in [-0.3, -0.25) is 9.69 Å². The molecule has 0 spiro atoms. The van der Waals surface area contributed by atoms with Crippen molar-refractivity contribution in [1.29, 1.82) is 0 Å². The first-order chi connectivity index (χ1) is 21.5. The molecule has 3 aromatic carbocycles. The van der Waals surface area contributed by atoms with Crippen LogP contribution in [0.5, 0.6) is 0 Å². The number of hydrogen-bond donors (Lipinski definition) is 0. The first kappa shape index (κ1) is 31.1. The van der Waals surface area contributed by atoms with E-state index in [4.69, 9.17) is 14.2 Å². The van der Waals surface area contributed by atoms with Crippen molar-refractivity contribution in [3.63, 3.8) is 0 Å². The number of fused-ring (bicyclic) bond motifs is 3. The van der Waals surface area contributed by atoms with Crippen LogP contribution >= 0.6 is 0 Å². The number of carbonyl (C=O) groups is 3. The first-order valence-corrected chi connectivity index (χ1v) is 15.4. The molecule has 1 aliphatic heterocycles.